The fourth-order valence-corrected chi connectivity index (χ4v) is 4.11. The molecule has 0 aliphatic carbocycles. The first-order valence-electron chi connectivity index (χ1n) is 13.3. The van der Waals surface area contributed by atoms with E-state index in [0.29, 0.717) is 29.8 Å². The first kappa shape index (κ1) is 33.2. The summed E-state index contributed by atoms with van der Waals surface area (Å²) in [6, 6.07) is 9.51. The number of halogens is 2. The van der Waals surface area contributed by atoms with Crippen molar-refractivity contribution in [3.8, 4) is 11.3 Å². The monoisotopic (exact) mass is 570 g/mol. The standard InChI is InChI=1S/C15H18FN3O.C13H16FN3O2.C2H6/c1-15(2,17)8-10-4-5-11(16)6-12(10)13-7-14(20)19(3)9-18-13;1-13(2,15)6-8-3-4-9(14)5-10(8)17-7-11(18)16-12(17)19;1-2/h4-7,9H,8,17H2,1-3H3;3-5H,6-7,15H2,1-2H3,(H,16,18,19);1-2H3. The smallest absolute Gasteiger partial charge is 0.325 e. The number of benzene rings is 2. The van der Waals surface area contributed by atoms with E-state index in [9.17, 15) is 23.2 Å². The predicted octanol–water partition coefficient (Wildman–Crippen LogP) is 4.05. The molecule has 0 bridgehead atoms. The van der Waals surface area contributed by atoms with E-state index in [2.05, 4.69) is 10.3 Å². The SMILES string of the molecule is CC.CC(C)(N)Cc1ccc(F)cc1N1CC(=O)NC1=O.Cn1cnc(-c2cc(F)ccc2CC(C)(C)N)cc1=O. The van der Waals surface area contributed by atoms with Crippen LogP contribution in [-0.4, -0.2) is 39.1 Å². The van der Waals surface area contributed by atoms with Crippen LogP contribution in [0.4, 0.5) is 19.3 Å². The van der Waals surface area contributed by atoms with E-state index in [1.807, 2.05) is 41.5 Å². The first-order chi connectivity index (χ1) is 19.0. The zero-order valence-corrected chi connectivity index (χ0v) is 24.7. The van der Waals surface area contributed by atoms with Gasteiger partial charge in [-0.15, -0.1) is 0 Å². The summed E-state index contributed by atoms with van der Waals surface area (Å²) in [5.74, 6) is -1.21. The number of carbonyl (C=O) groups is 2. The number of aryl methyl sites for hydroxylation is 1. The molecule has 3 amide bonds. The van der Waals surface area contributed by atoms with Crippen molar-refractivity contribution in [1.29, 1.82) is 0 Å². The summed E-state index contributed by atoms with van der Waals surface area (Å²) in [6.45, 7) is 11.4. The van der Waals surface area contributed by atoms with E-state index >= 15 is 0 Å². The van der Waals surface area contributed by atoms with Gasteiger partial charge in [0, 0.05) is 29.8 Å². The van der Waals surface area contributed by atoms with Gasteiger partial charge in [-0.3, -0.25) is 19.8 Å². The molecule has 2 heterocycles. The molecule has 5 N–H and O–H groups in total. The molecule has 0 radical (unpaired) electrons. The van der Waals surface area contributed by atoms with Gasteiger partial charge >= 0.3 is 6.03 Å². The number of imide groups is 1. The molecule has 9 nitrogen and oxygen atoms in total. The third-order valence-corrected chi connectivity index (χ3v) is 5.75. The van der Waals surface area contributed by atoms with Crippen LogP contribution in [0.5, 0.6) is 0 Å². The topological polar surface area (TPSA) is 136 Å². The summed E-state index contributed by atoms with van der Waals surface area (Å²) in [4.78, 5) is 40.0. The van der Waals surface area contributed by atoms with E-state index in [4.69, 9.17) is 11.5 Å². The molecule has 1 aliphatic rings. The van der Waals surface area contributed by atoms with Gasteiger partial charge in [0.2, 0.25) is 5.91 Å². The number of hydrogen-bond acceptors (Lipinski definition) is 6. The van der Waals surface area contributed by atoms with Crippen LogP contribution in [0, 0.1) is 11.6 Å². The largest absolute Gasteiger partial charge is 0.329 e. The van der Waals surface area contributed by atoms with Crippen LogP contribution >= 0.6 is 0 Å². The second-order valence-corrected chi connectivity index (χ2v) is 11.1. The van der Waals surface area contributed by atoms with Crippen molar-refractivity contribution >= 4 is 17.6 Å². The van der Waals surface area contributed by atoms with E-state index in [1.165, 1.54) is 46.1 Å². The fraction of sp³-hybridized carbons (Fsp3) is 0.400. The Morgan fingerprint density at radius 1 is 0.878 bits per heavy atom. The van der Waals surface area contributed by atoms with Crippen molar-refractivity contribution < 1.29 is 18.4 Å². The maximum absolute atomic E-state index is 13.5. The van der Waals surface area contributed by atoms with Crippen molar-refractivity contribution in [3.05, 3.63) is 81.9 Å². The van der Waals surface area contributed by atoms with Gasteiger partial charge in [-0.1, -0.05) is 26.0 Å². The van der Waals surface area contributed by atoms with Gasteiger partial charge in [-0.2, -0.15) is 0 Å². The van der Waals surface area contributed by atoms with Crippen LogP contribution in [0.15, 0.2) is 53.6 Å². The van der Waals surface area contributed by atoms with E-state index in [0.717, 1.165) is 11.1 Å². The van der Waals surface area contributed by atoms with Gasteiger partial charge in [0.15, 0.2) is 0 Å². The summed E-state index contributed by atoms with van der Waals surface area (Å²) in [5.41, 5.74) is 14.0. The maximum Gasteiger partial charge on any atom is 0.329 e. The molecule has 0 unspecified atom stereocenters. The van der Waals surface area contributed by atoms with Crippen LogP contribution in [0.25, 0.3) is 11.3 Å². The maximum atomic E-state index is 13.5. The minimum Gasteiger partial charge on any atom is -0.325 e. The number of amides is 3. The summed E-state index contributed by atoms with van der Waals surface area (Å²) >= 11 is 0. The number of urea groups is 1. The second kappa shape index (κ2) is 13.6. The predicted molar refractivity (Wildman–Crippen MR) is 157 cm³/mol. The van der Waals surface area contributed by atoms with Crippen molar-refractivity contribution in [3.63, 3.8) is 0 Å². The quantitative estimate of drug-likeness (QED) is 0.383. The van der Waals surface area contributed by atoms with Crippen molar-refractivity contribution in [2.24, 2.45) is 18.5 Å². The summed E-state index contributed by atoms with van der Waals surface area (Å²) in [6.07, 6.45) is 2.47. The molecule has 0 spiro atoms. The first-order valence-corrected chi connectivity index (χ1v) is 13.3. The summed E-state index contributed by atoms with van der Waals surface area (Å²) in [7, 11) is 1.62. The van der Waals surface area contributed by atoms with E-state index in [-0.39, 0.29) is 17.9 Å². The Balaban J connectivity index is 0.000000271. The van der Waals surface area contributed by atoms with Gasteiger partial charge in [0.1, 0.15) is 18.2 Å². The molecule has 4 rings (SSSR count). The Bertz CT molecular complexity index is 1440. The Hall–Kier alpha value is -3.96. The van der Waals surface area contributed by atoms with Crippen molar-refractivity contribution in [2.75, 3.05) is 11.4 Å². The van der Waals surface area contributed by atoms with Crippen LogP contribution in [-0.2, 0) is 24.7 Å². The van der Waals surface area contributed by atoms with Crippen LogP contribution in [0.3, 0.4) is 0 Å². The zero-order chi connectivity index (χ0) is 31.1. The summed E-state index contributed by atoms with van der Waals surface area (Å²) < 4.78 is 28.3. The molecule has 0 saturated carbocycles. The lowest BCUT2D eigenvalue weighted by Crippen LogP contribution is -2.36. The zero-order valence-electron chi connectivity index (χ0n) is 24.7. The summed E-state index contributed by atoms with van der Waals surface area (Å²) in [5, 5.41) is 2.17. The molecule has 222 valence electrons. The number of nitrogens with zero attached hydrogens (tertiary/aromatic N) is 3. The number of aromatic nitrogens is 2. The minimum absolute atomic E-state index is 0.0969. The van der Waals surface area contributed by atoms with Crippen LogP contribution < -0.4 is 27.2 Å². The highest BCUT2D eigenvalue weighted by molar-refractivity contribution is 6.12. The van der Waals surface area contributed by atoms with Crippen LogP contribution in [0.1, 0.15) is 52.7 Å². The highest BCUT2D eigenvalue weighted by atomic mass is 19.1. The lowest BCUT2D eigenvalue weighted by Gasteiger charge is -2.23. The highest BCUT2D eigenvalue weighted by Crippen LogP contribution is 2.27. The molecule has 1 aromatic heterocycles. The average Bonchev–Trinajstić information content (AvgIpc) is 3.20. The van der Waals surface area contributed by atoms with Gasteiger partial charge in [-0.25, -0.2) is 18.6 Å². The molecule has 3 aromatic rings. The molecular weight excluding hydrogens is 530 g/mol. The molecule has 2 aromatic carbocycles. The fourth-order valence-electron chi connectivity index (χ4n) is 4.11. The highest BCUT2D eigenvalue weighted by Gasteiger charge is 2.30. The number of rotatable bonds is 6. The van der Waals surface area contributed by atoms with Crippen molar-refractivity contribution in [1.82, 2.24) is 14.9 Å². The van der Waals surface area contributed by atoms with Crippen molar-refractivity contribution in [2.45, 2.75) is 65.5 Å². The van der Waals surface area contributed by atoms with Crippen LogP contribution in [0.2, 0.25) is 0 Å². The molecule has 1 fully saturated rings. The number of nitrogens with one attached hydrogen (secondary N) is 1. The molecule has 11 heteroatoms. The second-order valence-electron chi connectivity index (χ2n) is 11.1. The van der Waals surface area contributed by atoms with Gasteiger partial charge in [0.05, 0.1) is 17.7 Å². The Labute approximate surface area is 239 Å². The average molecular weight is 571 g/mol. The normalized spacial score (nSPS) is 13.2. The third kappa shape index (κ3) is 9.87. The Kier molecular flexibility index (Phi) is 11.0. The van der Waals surface area contributed by atoms with Gasteiger partial charge in [-0.05, 0) is 75.9 Å². The molecule has 41 heavy (non-hydrogen) atoms. The van der Waals surface area contributed by atoms with Gasteiger partial charge in [0.25, 0.3) is 5.56 Å². The van der Waals surface area contributed by atoms with E-state index in [1.54, 1.807) is 19.2 Å². The minimum atomic E-state index is -0.535. The number of carbonyl (C=O) groups excluding carboxylic acids is 2. The Morgan fingerprint density at radius 3 is 1.93 bits per heavy atom. The number of anilines is 1. The lowest BCUT2D eigenvalue weighted by molar-refractivity contribution is -0.117. The molecular formula is C30H40F2N6O3. The Morgan fingerprint density at radius 2 is 1.41 bits per heavy atom. The third-order valence-electron chi connectivity index (χ3n) is 5.75. The molecule has 1 saturated heterocycles. The number of nitrogens with two attached hydrogens (primary N) is 2. The lowest BCUT2D eigenvalue weighted by atomic mass is 9.91. The van der Waals surface area contributed by atoms with E-state index < -0.39 is 28.8 Å². The van der Waals surface area contributed by atoms with Gasteiger partial charge < -0.3 is 16.0 Å². The molecule has 0 atom stereocenters. The molecule has 1 aliphatic heterocycles. The number of hydrogen-bond donors (Lipinski definition) is 3.